The highest BCUT2D eigenvalue weighted by Gasteiger charge is 2.10. The number of hydrazine groups is 1. The highest BCUT2D eigenvalue weighted by Crippen LogP contribution is 2.26. The molecule has 0 aliphatic rings. The molecule has 1 amide bonds. The van der Waals surface area contributed by atoms with Crippen LogP contribution in [0.5, 0.6) is 5.75 Å². The molecule has 0 atom stereocenters. The van der Waals surface area contributed by atoms with Crippen molar-refractivity contribution < 1.29 is 9.53 Å². The van der Waals surface area contributed by atoms with E-state index in [9.17, 15) is 4.79 Å². The summed E-state index contributed by atoms with van der Waals surface area (Å²) in [5.41, 5.74) is 12.9. The molecule has 0 aliphatic carbocycles. The largest absolute Gasteiger partial charge is 0.497 e. The minimum Gasteiger partial charge on any atom is -0.497 e. The Morgan fingerprint density at radius 3 is 2.38 bits per heavy atom. The van der Waals surface area contributed by atoms with Gasteiger partial charge in [-0.3, -0.25) is 15.6 Å². The van der Waals surface area contributed by atoms with E-state index in [1.807, 2.05) is 30.3 Å². The van der Waals surface area contributed by atoms with Gasteiger partial charge < -0.3 is 15.8 Å². The second-order valence-electron chi connectivity index (χ2n) is 5.28. The number of nitrogen functional groups attached to an aromatic ring is 1. The Balaban J connectivity index is 1.69. The molecule has 26 heavy (non-hydrogen) atoms. The number of anilines is 4. The van der Waals surface area contributed by atoms with E-state index in [4.69, 9.17) is 10.5 Å². The third-order valence-electron chi connectivity index (χ3n) is 3.57. The Hall–Kier alpha value is -3.81. The molecule has 0 radical (unpaired) electrons. The molecule has 132 valence electrons. The maximum absolute atomic E-state index is 12.1. The lowest BCUT2D eigenvalue weighted by molar-refractivity contribution is 0.0962. The molecular formula is C18H18N6O2. The van der Waals surface area contributed by atoms with Crippen molar-refractivity contribution >= 4 is 28.9 Å². The summed E-state index contributed by atoms with van der Waals surface area (Å²) in [5, 5.41) is 3.10. The molecule has 0 aliphatic heterocycles. The Morgan fingerprint density at radius 2 is 1.69 bits per heavy atom. The molecule has 0 spiro atoms. The molecule has 0 unspecified atom stereocenters. The summed E-state index contributed by atoms with van der Waals surface area (Å²) in [6, 6.07) is 16.1. The van der Waals surface area contributed by atoms with Crippen LogP contribution in [-0.2, 0) is 0 Å². The average Bonchev–Trinajstić information content (AvgIpc) is 2.69. The number of benzene rings is 2. The number of carbonyl (C=O) groups excluding carboxylic acids is 1. The number of nitrogens with zero attached hydrogens (tertiary/aromatic N) is 2. The van der Waals surface area contributed by atoms with Crippen molar-refractivity contribution in [2.75, 3.05) is 23.6 Å². The van der Waals surface area contributed by atoms with Crippen molar-refractivity contribution in [3.05, 3.63) is 66.5 Å². The fraction of sp³-hybridized carbons (Fsp3) is 0.0556. The lowest BCUT2D eigenvalue weighted by Gasteiger charge is -2.13. The molecule has 5 N–H and O–H groups in total. The topological polar surface area (TPSA) is 114 Å². The number of amides is 1. The predicted molar refractivity (Wildman–Crippen MR) is 100 cm³/mol. The lowest BCUT2D eigenvalue weighted by atomic mass is 10.2. The molecular weight excluding hydrogens is 332 g/mol. The highest BCUT2D eigenvalue weighted by molar-refractivity contribution is 5.95. The zero-order valence-corrected chi connectivity index (χ0v) is 14.1. The number of hydrogen-bond acceptors (Lipinski definition) is 7. The van der Waals surface area contributed by atoms with Crippen molar-refractivity contribution in [1.82, 2.24) is 15.4 Å². The maximum atomic E-state index is 12.1. The van der Waals surface area contributed by atoms with E-state index in [0.717, 1.165) is 11.4 Å². The quantitative estimate of drug-likeness (QED) is 0.505. The van der Waals surface area contributed by atoms with Crippen molar-refractivity contribution in [2.24, 2.45) is 0 Å². The Labute approximate surface area is 150 Å². The smallest absolute Gasteiger partial charge is 0.269 e. The van der Waals surface area contributed by atoms with E-state index in [1.54, 1.807) is 31.4 Å². The minimum atomic E-state index is -0.298. The van der Waals surface area contributed by atoms with Gasteiger partial charge >= 0.3 is 0 Å². The van der Waals surface area contributed by atoms with Crippen LogP contribution in [0.2, 0.25) is 0 Å². The second kappa shape index (κ2) is 7.84. The summed E-state index contributed by atoms with van der Waals surface area (Å²) in [5.74, 6) is 1.16. The van der Waals surface area contributed by atoms with Gasteiger partial charge in [-0.05, 0) is 36.4 Å². The van der Waals surface area contributed by atoms with Gasteiger partial charge in [-0.1, -0.05) is 18.2 Å². The summed E-state index contributed by atoms with van der Waals surface area (Å²) >= 11 is 0. The van der Waals surface area contributed by atoms with Gasteiger partial charge in [-0.25, -0.2) is 9.97 Å². The zero-order valence-electron chi connectivity index (χ0n) is 14.1. The van der Waals surface area contributed by atoms with Crippen LogP contribution < -0.4 is 26.6 Å². The number of hydrogen-bond donors (Lipinski definition) is 4. The number of methoxy groups -OCH3 is 1. The van der Waals surface area contributed by atoms with Crippen LogP contribution in [0.15, 0.2) is 60.9 Å². The molecule has 8 nitrogen and oxygen atoms in total. The molecule has 8 heteroatoms. The number of nitrogens with two attached hydrogens (primary N) is 1. The van der Waals surface area contributed by atoms with Crippen LogP contribution in [0, 0.1) is 0 Å². The van der Waals surface area contributed by atoms with Gasteiger partial charge in [0.05, 0.1) is 7.11 Å². The lowest BCUT2D eigenvalue weighted by Crippen LogP contribution is -2.30. The molecule has 1 aromatic heterocycles. The number of carbonyl (C=O) groups is 1. The standard InChI is InChI=1S/C18H18N6O2/c1-26-14-9-7-13(8-10-14)22-16-15(19)17(21-11-20-16)23-24-18(25)12-5-3-2-4-6-12/h2-11H,19H2,1H3,(H,24,25)(H2,20,21,22,23). The SMILES string of the molecule is COc1ccc(Nc2ncnc(NNC(=O)c3ccccc3)c2N)cc1. The van der Waals surface area contributed by atoms with Crippen molar-refractivity contribution in [2.45, 2.75) is 0 Å². The Bertz CT molecular complexity index is 884. The fourth-order valence-electron chi connectivity index (χ4n) is 2.18. The van der Waals surface area contributed by atoms with Gasteiger partial charge in [0.25, 0.3) is 5.91 Å². The van der Waals surface area contributed by atoms with Gasteiger partial charge in [0.15, 0.2) is 11.6 Å². The zero-order chi connectivity index (χ0) is 18.4. The van der Waals surface area contributed by atoms with Crippen LogP contribution in [0.4, 0.5) is 23.0 Å². The van der Waals surface area contributed by atoms with E-state index in [0.29, 0.717) is 17.2 Å². The molecule has 3 aromatic rings. The number of aromatic nitrogens is 2. The van der Waals surface area contributed by atoms with Crippen LogP contribution in [0.3, 0.4) is 0 Å². The molecule has 1 heterocycles. The molecule has 0 fully saturated rings. The number of nitrogens with one attached hydrogen (secondary N) is 3. The fourth-order valence-corrected chi connectivity index (χ4v) is 2.18. The van der Waals surface area contributed by atoms with E-state index in [-0.39, 0.29) is 11.6 Å². The molecule has 3 rings (SSSR count). The molecule has 0 saturated heterocycles. The van der Waals surface area contributed by atoms with Crippen molar-refractivity contribution in [3.8, 4) is 5.75 Å². The van der Waals surface area contributed by atoms with Gasteiger partial charge in [-0.15, -0.1) is 0 Å². The predicted octanol–water partition coefficient (Wildman–Crippen LogP) is 2.57. The number of rotatable bonds is 6. The van der Waals surface area contributed by atoms with Crippen LogP contribution >= 0.6 is 0 Å². The first-order valence-corrected chi connectivity index (χ1v) is 7.80. The van der Waals surface area contributed by atoms with Gasteiger partial charge in [-0.2, -0.15) is 0 Å². The monoisotopic (exact) mass is 350 g/mol. The van der Waals surface area contributed by atoms with E-state index in [2.05, 4.69) is 26.1 Å². The molecule has 0 saturated carbocycles. The first-order valence-electron chi connectivity index (χ1n) is 7.80. The second-order valence-corrected chi connectivity index (χ2v) is 5.28. The summed E-state index contributed by atoms with van der Waals surface area (Å²) in [6.07, 6.45) is 1.35. The summed E-state index contributed by atoms with van der Waals surface area (Å²) in [7, 11) is 1.60. The third-order valence-corrected chi connectivity index (χ3v) is 3.57. The Kier molecular flexibility index (Phi) is 5.14. The van der Waals surface area contributed by atoms with Gasteiger partial charge in [0, 0.05) is 11.3 Å². The Morgan fingerprint density at radius 1 is 1.00 bits per heavy atom. The number of ether oxygens (including phenoxy) is 1. The maximum Gasteiger partial charge on any atom is 0.269 e. The molecule has 0 bridgehead atoms. The first-order chi connectivity index (χ1) is 12.7. The van der Waals surface area contributed by atoms with E-state index >= 15 is 0 Å². The minimum absolute atomic E-state index is 0.275. The van der Waals surface area contributed by atoms with Crippen molar-refractivity contribution in [1.29, 1.82) is 0 Å². The van der Waals surface area contributed by atoms with Gasteiger partial charge in [0.2, 0.25) is 0 Å². The summed E-state index contributed by atoms with van der Waals surface area (Å²) in [6.45, 7) is 0. The van der Waals surface area contributed by atoms with Crippen LogP contribution in [-0.4, -0.2) is 23.0 Å². The van der Waals surface area contributed by atoms with E-state index < -0.39 is 0 Å². The third kappa shape index (κ3) is 3.99. The van der Waals surface area contributed by atoms with E-state index in [1.165, 1.54) is 6.33 Å². The highest BCUT2D eigenvalue weighted by atomic mass is 16.5. The van der Waals surface area contributed by atoms with Crippen LogP contribution in [0.25, 0.3) is 0 Å². The normalized spacial score (nSPS) is 10.0. The first kappa shape index (κ1) is 17.0. The molecule has 2 aromatic carbocycles. The van der Waals surface area contributed by atoms with Gasteiger partial charge in [0.1, 0.15) is 17.8 Å². The van der Waals surface area contributed by atoms with Crippen LogP contribution in [0.1, 0.15) is 10.4 Å². The summed E-state index contributed by atoms with van der Waals surface area (Å²) in [4.78, 5) is 20.3. The average molecular weight is 350 g/mol. The van der Waals surface area contributed by atoms with Crippen molar-refractivity contribution in [3.63, 3.8) is 0 Å². The summed E-state index contributed by atoms with van der Waals surface area (Å²) < 4.78 is 5.12.